The standard InChI is InChI=1S/C26H19F8N7O2/c1-11-5-16(27)13(19-7-15(26(32,33)34)21-22(35)37-10-38-41(19)21)6-12(11)23(42)39-18-9-40(8-17(18)28)24(43)20-14(25(29,30)31)3-2-4-36-20/h2-7,10,17-18H,8-9H2,1H3,(H,39,42)(H2,35,37,38)/t17-,18+/m0/s1. The van der Waals surface area contributed by atoms with E-state index in [1.54, 1.807) is 0 Å². The van der Waals surface area contributed by atoms with Crippen molar-refractivity contribution < 1.29 is 44.7 Å². The molecule has 4 aromatic rings. The average Bonchev–Trinajstić information content (AvgIpc) is 3.49. The lowest BCUT2D eigenvalue weighted by molar-refractivity contribution is -0.138. The van der Waals surface area contributed by atoms with Crippen molar-refractivity contribution in [1.82, 2.24) is 29.8 Å². The van der Waals surface area contributed by atoms with E-state index in [-0.39, 0.29) is 11.1 Å². The SMILES string of the molecule is Cc1cc(F)c(-c2cc(C(F)(F)F)c3c(N)ncnn23)cc1C(=O)N[C@@H]1CN(C(=O)c2ncccc2C(F)(F)F)C[C@@H]1F. The predicted molar refractivity (Wildman–Crippen MR) is 134 cm³/mol. The van der Waals surface area contributed by atoms with E-state index >= 15 is 4.39 Å². The average molecular weight is 613 g/mol. The van der Waals surface area contributed by atoms with Crippen molar-refractivity contribution >= 4 is 23.1 Å². The van der Waals surface area contributed by atoms with Gasteiger partial charge >= 0.3 is 12.4 Å². The number of nitrogens with one attached hydrogen (secondary N) is 1. The molecule has 226 valence electrons. The molecule has 9 nitrogen and oxygen atoms in total. The molecule has 2 atom stereocenters. The van der Waals surface area contributed by atoms with Gasteiger partial charge in [-0.2, -0.15) is 31.4 Å². The number of nitrogens with two attached hydrogens (primary N) is 1. The van der Waals surface area contributed by atoms with Crippen LogP contribution in [-0.2, 0) is 12.4 Å². The highest BCUT2D eigenvalue weighted by Gasteiger charge is 2.42. The van der Waals surface area contributed by atoms with Crippen molar-refractivity contribution in [3.63, 3.8) is 0 Å². The Labute approximate surface area is 236 Å². The molecular formula is C26H19F8N7O2. The van der Waals surface area contributed by atoms with Crippen LogP contribution in [0.1, 0.15) is 37.5 Å². The molecule has 0 aliphatic carbocycles. The Bertz CT molecular complexity index is 1750. The van der Waals surface area contributed by atoms with Crippen LogP contribution in [0, 0.1) is 12.7 Å². The van der Waals surface area contributed by atoms with Crippen molar-refractivity contribution in [1.29, 1.82) is 0 Å². The summed E-state index contributed by atoms with van der Waals surface area (Å²) in [6.07, 6.45) is -9.87. The van der Waals surface area contributed by atoms with E-state index in [0.29, 0.717) is 12.1 Å². The van der Waals surface area contributed by atoms with Gasteiger partial charge < -0.3 is 16.0 Å². The molecule has 1 aromatic carbocycles. The third-order valence-corrected chi connectivity index (χ3v) is 6.89. The van der Waals surface area contributed by atoms with Gasteiger partial charge in [0, 0.05) is 23.9 Å². The fraction of sp³-hybridized carbons (Fsp3) is 0.269. The summed E-state index contributed by atoms with van der Waals surface area (Å²) >= 11 is 0. The number of hydrogen-bond donors (Lipinski definition) is 2. The first-order valence-corrected chi connectivity index (χ1v) is 12.3. The molecule has 3 aromatic heterocycles. The van der Waals surface area contributed by atoms with E-state index in [1.807, 2.05) is 0 Å². The number of pyridine rings is 1. The fourth-order valence-corrected chi connectivity index (χ4v) is 4.86. The summed E-state index contributed by atoms with van der Waals surface area (Å²) in [4.78, 5) is 33.8. The van der Waals surface area contributed by atoms with E-state index in [4.69, 9.17) is 5.73 Å². The first-order valence-electron chi connectivity index (χ1n) is 12.3. The van der Waals surface area contributed by atoms with E-state index < -0.39 is 94.7 Å². The third kappa shape index (κ3) is 5.41. The molecule has 0 spiro atoms. The second-order valence-corrected chi connectivity index (χ2v) is 9.70. The van der Waals surface area contributed by atoms with Gasteiger partial charge in [0.2, 0.25) is 0 Å². The first kappa shape index (κ1) is 29.7. The molecule has 1 fully saturated rings. The maximum absolute atomic E-state index is 15.1. The van der Waals surface area contributed by atoms with Gasteiger partial charge in [0.25, 0.3) is 11.8 Å². The zero-order valence-electron chi connectivity index (χ0n) is 21.8. The van der Waals surface area contributed by atoms with Gasteiger partial charge in [-0.05, 0) is 42.8 Å². The molecule has 1 saturated heterocycles. The molecule has 3 N–H and O–H groups in total. The molecule has 4 heterocycles. The number of benzene rings is 1. The smallest absolute Gasteiger partial charge is 0.382 e. The lowest BCUT2D eigenvalue weighted by Crippen LogP contribution is -2.42. The molecule has 2 amide bonds. The lowest BCUT2D eigenvalue weighted by Gasteiger charge is -2.19. The number of aromatic nitrogens is 4. The van der Waals surface area contributed by atoms with Crippen LogP contribution < -0.4 is 11.1 Å². The monoisotopic (exact) mass is 613 g/mol. The maximum Gasteiger partial charge on any atom is 0.418 e. The highest BCUT2D eigenvalue weighted by Crippen LogP contribution is 2.39. The van der Waals surface area contributed by atoms with Gasteiger partial charge in [0.05, 0.1) is 29.4 Å². The fourth-order valence-electron chi connectivity index (χ4n) is 4.86. The molecule has 43 heavy (non-hydrogen) atoms. The van der Waals surface area contributed by atoms with Crippen LogP contribution in [0.5, 0.6) is 0 Å². The number of fused-ring (bicyclic) bond motifs is 1. The van der Waals surface area contributed by atoms with E-state index in [9.17, 15) is 40.3 Å². The number of nitrogens with zero attached hydrogens (tertiary/aromatic N) is 5. The largest absolute Gasteiger partial charge is 0.418 e. The van der Waals surface area contributed by atoms with Crippen molar-refractivity contribution in [2.45, 2.75) is 31.5 Å². The number of carbonyl (C=O) groups is 2. The minimum atomic E-state index is -4.91. The van der Waals surface area contributed by atoms with Gasteiger partial charge in [-0.1, -0.05) is 0 Å². The van der Waals surface area contributed by atoms with Gasteiger partial charge in [-0.3, -0.25) is 14.6 Å². The summed E-state index contributed by atoms with van der Waals surface area (Å²) < 4.78 is 112. The topological polar surface area (TPSA) is 119 Å². The minimum Gasteiger partial charge on any atom is -0.382 e. The molecule has 0 saturated carbocycles. The summed E-state index contributed by atoms with van der Waals surface area (Å²) in [6.45, 7) is 0.167. The highest BCUT2D eigenvalue weighted by molar-refractivity contribution is 5.98. The second-order valence-electron chi connectivity index (χ2n) is 9.70. The Kier molecular flexibility index (Phi) is 7.22. The number of anilines is 1. The first-order chi connectivity index (χ1) is 20.1. The molecule has 0 radical (unpaired) electrons. The Morgan fingerprint density at radius 1 is 1.02 bits per heavy atom. The summed E-state index contributed by atoms with van der Waals surface area (Å²) in [7, 11) is 0. The van der Waals surface area contributed by atoms with Crippen LogP contribution in [0.3, 0.4) is 0 Å². The maximum atomic E-state index is 15.1. The zero-order chi connectivity index (χ0) is 31.4. The predicted octanol–water partition coefficient (Wildman–Crippen LogP) is 4.45. The Balaban J connectivity index is 1.43. The Morgan fingerprint density at radius 2 is 1.72 bits per heavy atom. The number of nitrogen functional groups attached to an aromatic ring is 1. The summed E-state index contributed by atoms with van der Waals surface area (Å²) in [5.74, 6) is -3.70. The Hall–Kier alpha value is -4.83. The van der Waals surface area contributed by atoms with E-state index in [1.165, 1.54) is 6.92 Å². The summed E-state index contributed by atoms with van der Waals surface area (Å²) in [5.41, 5.74) is 0.437. The molecule has 17 heteroatoms. The van der Waals surface area contributed by atoms with E-state index in [2.05, 4.69) is 20.4 Å². The van der Waals surface area contributed by atoms with Crippen LogP contribution in [0.25, 0.3) is 16.8 Å². The van der Waals surface area contributed by atoms with E-state index in [0.717, 1.165) is 40.1 Å². The number of alkyl halides is 7. The van der Waals surface area contributed by atoms with Crippen molar-refractivity contribution in [2.24, 2.45) is 0 Å². The van der Waals surface area contributed by atoms with Crippen LogP contribution in [-0.4, -0.2) is 61.6 Å². The van der Waals surface area contributed by atoms with Crippen LogP contribution in [0.15, 0.2) is 42.9 Å². The molecule has 5 rings (SSSR count). The second kappa shape index (κ2) is 10.5. The number of rotatable bonds is 4. The quantitative estimate of drug-likeness (QED) is 0.329. The zero-order valence-corrected chi connectivity index (χ0v) is 21.8. The number of likely N-dealkylation sites (tertiary alicyclic amines) is 1. The normalized spacial score (nSPS) is 17.5. The van der Waals surface area contributed by atoms with Crippen molar-refractivity contribution in [2.75, 3.05) is 18.8 Å². The van der Waals surface area contributed by atoms with Gasteiger partial charge in [0.1, 0.15) is 29.5 Å². The molecular weight excluding hydrogens is 594 g/mol. The Morgan fingerprint density at radius 3 is 2.40 bits per heavy atom. The van der Waals surface area contributed by atoms with Crippen molar-refractivity contribution in [3.05, 3.63) is 76.6 Å². The number of aryl methyl sites for hydroxylation is 1. The van der Waals surface area contributed by atoms with Crippen LogP contribution in [0.2, 0.25) is 0 Å². The highest BCUT2D eigenvalue weighted by atomic mass is 19.4. The molecule has 1 aliphatic heterocycles. The van der Waals surface area contributed by atoms with Gasteiger partial charge in [-0.25, -0.2) is 18.3 Å². The molecule has 0 bridgehead atoms. The minimum absolute atomic E-state index is 0.0365. The third-order valence-electron chi connectivity index (χ3n) is 6.89. The number of halogens is 8. The van der Waals surface area contributed by atoms with Crippen LogP contribution >= 0.6 is 0 Å². The van der Waals surface area contributed by atoms with Crippen LogP contribution in [0.4, 0.5) is 40.9 Å². The van der Waals surface area contributed by atoms with Crippen molar-refractivity contribution in [3.8, 4) is 11.3 Å². The summed E-state index contributed by atoms with van der Waals surface area (Å²) in [6, 6.07) is 2.71. The molecule has 1 aliphatic rings. The molecule has 0 unspecified atom stereocenters. The lowest BCUT2D eigenvalue weighted by atomic mass is 10.0. The summed E-state index contributed by atoms with van der Waals surface area (Å²) in [5, 5.41) is 6.09. The number of hydrogen-bond acceptors (Lipinski definition) is 6. The van der Waals surface area contributed by atoms with Gasteiger partial charge in [0.15, 0.2) is 5.82 Å². The number of carbonyl (C=O) groups excluding carboxylic acids is 2. The number of amides is 2. The van der Waals surface area contributed by atoms with Gasteiger partial charge in [-0.15, -0.1) is 0 Å².